The number of ether oxygens (including phenoxy) is 2. The topological polar surface area (TPSA) is 76.2 Å². The van der Waals surface area contributed by atoms with Gasteiger partial charge in [-0.25, -0.2) is 0 Å². The number of benzene rings is 2. The van der Waals surface area contributed by atoms with Crippen LogP contribution in [0, 0.1) is 13.8 Å². The van der Waals surface area contributed by atoms with E-state index >= 15 is 0 Å². The number of aryl methyl sites for hydroxylation is 2. The standard InChI is InChI=1S/C23H26N2O5/c1-16-8-9-18(17(2)12-16)13-24(3)21(26)14-30-23(28)10-11-25-19-6-4-5-7-20(19)29-15-22(25)27/h4-9,12H,10-11,13-15H2,1-3H3. The molecule has 0 unspecified atom stereocenters. The number of esters is 1. The smallest absolute Gasteiger partial charge is 0.308 e. The predicted molar refractivity (Wildman–Crippen MR) is 112 cm³/mol. The summed E-state index contributed by atoms with van der Waals surface area (Å²) >= 11 is 0. The third-order valence-electron chi connectivity index (χ3n) is 5.04. The second-order valence-electron chi connectivity index (χ2n) is 7.39. The number of amides is 2. The molecule has 2 amide bonds. The number of carbonyl (C=O) groups is 3. The van der Waals surface area contributed by atoms with Gasteiger partial charge < -0.3 is 19.3 Å². The van der Waals surface area contributed by atoms with Gasteiger partial charge in [0.15, 0.2) is 13.2 Å². The number of hydrogen-bond acceptors (Lipinski definition) is 5. The van der Waals surface area contributed by atoms with E-state index in [0.717, 1.165) is 11.1 Å². The van der Waals surface area contributed by atoms with Gasteiger partial charge in [0, 0.05) is 20.1 Å². The SMILES string of the molecule is Cc1ccc(CN(C)C(=O)COC(=O)CCN2C(=O)COc3ccccc32)c(C)c1. The van der Waals surface area contributed by atoms with Crippen LogP contribution in [0.1, 0.15) is 23.1 Å². The van der Waals surface area contributed by atoms with Crippen LogP contribution in [0.2, 0.25) is 0 Å². The average Bonchev–Trinajstić information content (AvgIpc) is 2.73. The van der Waals surface area contributed by atoms with E-state index in [-0.39, 0.29) is 38.0 Å². The Kier molecular flexibility index (Phi) is 6.72. The van der Waals surface area contributed by atoms with Crippen LogP contribution in [0.15, 0.2) is 42.5 Å². The molecular formula is C23H26N2O5. The highest BCUT2D eigenvalue weighted by molar-refractivity contribution is 5.98. The van der Waals surface area contributed by atoms with Crippen LogP contribution in [0.3, 0.4) is 0 Å². The highest BCUT2D eigenvalue weighted by Crippen LogP contribution is 2.31. The lowest BCUT2D eigenvalue weighted by Crippen LogP contribution is -2.40. The van der Waals surface area contributed by atoms with Crippen LogP contribution in [0.4, 0.5) is 5.69 Å². The van der Waals surface area contributed by atoms with Gasteiger partial charge in [-0.05, 0) is 37.1 Å². The van der Waals surface area contributed by atoms with Crippen LogP contribution in [0.5, 0.6) is 5.75 Å². The maximum atomic E-state index is 12.3. The molecule has 2 aromatic carbocycles. The lowest BCUT2D eigenvalue weighted by Gasteiger charge is -2.29. The van der Waals surface area contributed by atoms with E-state index in [1.54, 1.807) is 25.2 Å². The van der Waals surface area contributed by atoms with E-state index in [1.807, 2.05) is 32.0 Å². The third-order valence-corrected chi connectivity index (χ3v) is 5.04. The van der Waals surface area contributed by atoms with E-state index < -0.39 is 5.97 Å². The number of fused-ring (bicyclic) bond motifs is 1. The molecule has 0 aromatic heterocycles. The molecule has 0 saturated carbocycles. The highest BCUT2D eigenvalue weighted by atomic mass is 16.5. The monoisotopic (exact) mass is 410 g/mol. The summed E-state index contributed by atoms with van der Waals surface area (Å²) < 4.78 is 10.5. The van der Waals surface area contributed by atoms with Crippen molar-refractivity contribution in [3.63, 3.8) is 0 Å². The Balaban J connectivity index is 1.47. The minimum atomic E-state index is -0.528. The van der Waals surface area contributed by atoms with Crippen molar-refractivity contribution < 1.29 is 23.9 Å². The summed E-state index contributed by atoms with van der Waals surface area (Å²) in [6.07, 6.45) is -0.00581. The molecular weight excluding hydrogens is 384 g/mol. The Morgan fingerprint density at radius 3 is 2.70 bits per heavy atom. The summed E-state index contributed by atoms with van der Waals surface area (Å²) in [4.78, 5) is 39.6. The fraction of sp³-hybridized carbons (Fsp3) is 0.348. The van der Waals surface area contributed by atoms with Crippen molar-refractivity contribution in [2.45, 2.75) is 26.8 Å². The summed E-state index contributed by atoms with van der Waals surface area (Å²) in [5.41, 5.74) is 3.96. The van der Waals surface area contributed by atoms with Gasteiger partial charge >= 0.3 is 5.97 Å². The number of para-hydroxylation sites is 2. The summed E-state index contributed by atoms with van der Waals surface area (Å²) in [5, 5.41) is 0. The molecule has 1 aliphatic heterocycles. The zero-order valence-corrected chi connectivity index (χ0v) is 17.5. The van der Waals surface area contributed by atoms with Crippen molar-refractivity contribution in [3.05, 3.63) is 59.2 Å². The molecule has 0 N–H and O–H groups in total. The van der Waals surface area contributed by atoms with Gasteiger partial charge in [0.25, 0.3) is 11.8 Å². The first-order chi connectivity index (χ1) is 14.3. The van der Waals surface area contributed by atoms with E-state index in [0.29, 0.717) is 18.0 Å². The van der Waals surface area contributed by atoms with Gasteiger partial charge in [-0.1, -0.05) is 35.9 Å². The molecule has 2 aromatic rings. The first kappa shape index (κ1) is 21.4. The fourth-order valence-corrected chi connectivity index (χ4v) is 3.29. The third kappa shape index (κ3) is 5.17. The quantitative estimate of drug-likeness (QED) is 0.656. The summed E-state index contributed by atoms with van der Waals surface area (Å²) in [6.45, 7) is 4.26. The Morgan fingerprint density at radius 2 is 1.93 bits per heavy atom. The van der Waals surface area contributed by atoms with Crippen molar-refractivity contribution >= 4 is 23.5 Å². The molecule has 0 atom stereocenters. The zero-order chi connectivity index (χ0) is 21.7. The molecule has 0 fully saturated rings. The average molecular weight is 410 g/mol. The summed E-state index contributed by atoms with van der Waals surface area (Å²) in [7, 11) is 1.68. The van der Waals surface area contributed by atoms with Crippen LogP contribution in [-0.2, 0) is 25.7 Å². The van der Waals surface area contributed by atoms with Gasteiger partial charge in [0.1, 0.15) is 5.75 Å². The number of carbonyl (C=O) groups excluding carboxylic acids is 3. The molecule has 0 bridgehead atoms. The molecule has 0 radical (unpaired) electrons. The van der Waals surface area contributed by atoms with E-state index in [2.05, 4.69) is 6.07 Å². The van der Waals surface area contributed by atoms with Crippen molar-refractivity contribution in [3.8, 4) is 5.75 Å². The van der Waals surface area contributed by atoms with E-state index in [4.69, 9.17) is 9.47 Å². The van der Waals surface area contributed by atoms with Gasteiger partial charge in [-0.2, -0.15) is 0 Å². The molecule has 3 rings (SSSR count). The van der Waals surface area contributed by atoms with Crippen LogP contribution in [-0.4, -0.2) is 49.5 Å². The van der Waals surface area contributed by atoms with Gasteiger partial charge in [0.2, 0.25) is 0 Å². The van der Waals surface area contributed by atoms with Crippen LogP contribution >= 0.6 is 0 Å². The number of rotatable bonds is 7. The van der Waals surface area contributed by atoms with Crippen LogP contribution < -0.4 is 9.64 Å². The minimum Gasteiger partial charge on any atom is -0.482 e. The Bertz CT molecular complexity index is 956. The molecule has 7 heteroatoms. The highest BCUT2D eigenvalue weighted by Gasteiger charge is 2.25. The van der Waals surface area contributed by atoms with Crippen molar-refractivity contribution in [2.75, 3.05) is 31.7 Å². The van der Waals surface area contributed by atoms with Gasteiger partial charge in [0.05, 0.1) is 12.1 Å². The lowest BCUT2D eigenvalue weighted by molar-refractivity contribution is -0.151. The maximum absolute atomic E-state index is 12.3. The molecule has 1 aliphatic rings. The Hall–Kier alpha value is -3.35. The first-order valence-electron chi connectivity index (χ1n) is 9.83. The minimum absolute atomic E-state index is 0.00581. The number of anilines is 1. The fourth-order valence-electron chi connectivity index (χ4n) is 3.29. The van der Waals surface area contributed by atoms with Crippen molar-refractivity contribution in [2.24, 2.45) is 0 Å². The Morgan fingerprint density at radius 1 is 1.17 bits per heavy atom. The molecule has 158 valence electrons. The number of likely N-dealkylation sites (N-methyl/N-ethyl adjacent to an activating group) is 1. The number of hydrogen-bond donors (Lipinski definition) is 0. The van der Waals surface area contributed by atoms with Crippen molar-refractivity contribution in [1.82, 2.24) is 4.90 Å². The normalized spacial score (nSPS) is 12.8. The maximum Gasteiger partial charge on any atom is 0.308 e. The lowest BCUT2D eigenvalue weighted by atomic mass is 10.1. The second kappa shape index (κ2) is 9.43. The molecule has 7 nitrogen and oxygen atoms in total. The van der Waals surface area contributed by atoms with E-state index in [9.17, 15) is 14.4 Å². The summed E-state index contributed by atoms with van der Waals surface area (Å²) in [5.74, 6) is -0.421. The molecule has 0 aliphatic carbocycles. The van der Waals surface area contributed by atoms with Gasteiger partial charge in [-0.15, -0.1) is 0 Å². The second-order valence-corrected chi connectivity index (χ2v) is 7.39. The Labute approximate surface area is 176 Å². The van der Waals surface area contributed by atoms with Gasteiger partial charge in [-0.3, -0.25) is 14.4 Å². The molecule has 0 saturated heterocycles. The first-order valence-corrected chi connectivity index (χ1v) is 9.83. The number of nitrogens with zero attached hydrogens (tertiary/aromatic N) is 2. The summed E-state index contributed by atoms with van der Waals surface area (Å²) in [6, 6.07) is 13.2. The largest absolute Gasteiger partial charge is 0.482 e. The van der Waals surface area contributed by atoms with E-state index in [1.165, 1.54) is 15.4 Å². The zero-order valence-electron chi connectivity index (χ0n) is 17.5. The van der Waals surface area contributed by atoms with Crippen molar-refractivity contribution in [1.29, 1.82) is 0 Å². The molecule has 1 heterocycles. The molecule has 30 heavy (non-hydrogen) atoms. The molecule has 0 spiro atoms. The predicted octanol–water partition coefficient (Wildman–Crippen LogP) is 2.62. The van der Waals surface area contributed by atoms with Crippen LogP contribution in [0.25, 0.3) is 0 Å².